The van der Waals surface area contributed by atoms with Crippen LogP contribution in [-0.4, -0.2) is 63.5 Å². The third-order valence-corrected chi connectivity index (χ3v) is 9.04. The number of piperidine rings is 2. The van der Waals surface area contributed by atoms with Crippen molar-refractivity contribution in [2.75, 3.05) is 32.7 Å². The SMILES string of the molecule is Cc1cc(C2CCN(C3CCN(CC(C)C)CC3)CC2)cc2[nH]c(-c3nc4ccccc4s3)nc12. The molecule has 35 heavy (non-hydrogen) atoms. The van der Waals surface area contributed by atoms with Gasteiger partial charge in [-0.25, -0.2) is 9.97 Å². The number of fused-ring (bicyclic) bond motifs is 2. The van der Waals surface area contributed by atoms with Crippen molar-refractivity contribution in [3.8, 4) is 10.8 Å². The number of aromatic amines is 1. The average molecular weight is 488 g/mol. The number of thiazole rings is 1. The molecule has 0 spiro atoms. The van der Waals surface area contributed by atoms with Crippen LogP contribution in [0.1, 0.15) is 56.6 Å². The van der Waals surface area contributed by atoms with Crippen LogP contribution in [0.4, 0.5) is 0 Å². The fourth-order valence-corrected chi connectivity index (χ4v) is 7.12. The van der Waals surface area contributed by atoms with Gasteiger partial charge in [0.25, 0.3) is 0 Å². The van der Waals surface area contributed by atoms with Gasteiger partial charge >= 0.3 is 0 Å². The highest BCUT2D eigenvalue weighted by Gasteiger charge is 2.29. The summed E-state index contributed by atoms with van der Waals surface area (Å²) in [5.74, 6) is 2.31. The number of rotatable bonds is 5. The van der Waals surface area contributed by atoms with Crippen molar-refractivity contribution in [3.05, 3.63) is 47.5 Å². The van der Waals surface area contributed by atoms with E-state index in [1.165, 1.54) is 74.2 Å². The Bertz CT molecular complexity index is 1270. The van der Waals surface area contributed by atoms with Gasteiger partial charge in [-0.2, -0.15) is 0 Å². The van der Waals surface area contributed by atoms with Crippen molar-refractivity contribution in [2.24, 2.45) is 5.92 Å². The molecule has 0 amide bonds. The largest absolute Gasteiger partial charge is 0.336 e. The summed E-state index contributed by atoms with van der Waals surface area (Å²) in [5, 5.41) is 0.969. The minimum absolute atomic E-state index is 0.643. The molecule has 2 aliphatic heterocycles. The van der Waals surface area contributed by atoms with E-state index >= 15 is 0 Å². The van der Waals surface area contributed by atoms with E-state index < -0.39 is 0 Å². The first kappa shape index (κ1) is 23.1. The summed E-state index contributed by atoms with van der Waals surface area (Å²) in [6, 6.07) is 13.8. The number of nitrogens with one attached hydrogen (secondary N) is 1. The number of likely N-dealkylation sites (tertiary alicyclic amines) is 2. The Balaban J connectivity index is 1.14. The van der Waals surface area contributed by atoms with Crippen molar-refractivity contribution in [3.63, 3.8) is 0 Å². The molecular formula is C29H37N5S. The molecule has 4 heterocycles. The molecule has 2 fully saturated rings. The highest BCUT2D eigenvalue weighted by Crippen LogP contribution is 2.35. The molecule has 6 rings (SSSR count). The van der Waals surface area contributed by atoms with E-state index in [9.17, 15) is 0 Å². The number of imidazole rings is 1. The summed E-state index contributed by atoms with van der Waals surface area (Å²) in [7, 11) is 0. The molecule has 184 valence electrons. The zero-order chi connectivity index (χ0) is 23.9. The molecule has 5 nitrogen and oxygen atoms in total. The highest BCUT2D eigenvalue weighted by molar-refractivity contribution is 7.21. The summed E-state index contributed by atoms with van der Waals surface area (Å²) < 4.78 is 1.21. The van der Waals surface area contributed by atoms with Crippen LogP contribution in [0.2, 0.25) is 0 Å². The van der Waals surface area contributed by atoms with Crippen LogP contribution in [-0.2, 0) is 0 Å². The van der Waals surface area contributed by atoms with Crippen LogP contribution >= 0.6 is 11.3 Å². The summed E-state index contributed by atoms with van der Waals surface area (Å²) in [6.45, 7) is 13.1. The summed E-state index contributed by atoms with van der Waals surface area (Å²) in [5.41, 5.74) is 6.01. The maximum Gasteiger partial charge on any atom is 0.167 e. The highest BCUT2D eigenvalue weighted by atomic mass is 32.1. The quantitative estimate of drug-likeness (QED) is 0.351. The van der Waals surface area contributed by atoms with Crippen molar-refractivity contribution < 1.29 is 0 Å². The first-order valence-electron chi connectivity index (χ1n) is 13.4. The number of nitrogens with zero attached hydrogens (tertiary/aromatic N) is 4. The van der Waals surface area contributed by atoms with Crippen LogP contribution < -0.4 is 0 Å². The Kier molecular flexibility index (Phi) is 6.37. The van der Waals surface area contributed by atoms with E-state index in [0.29, 0.717) is 5.92 Å². The molecule has 1 N–H and O–H groups in total. The number of para-hydroxylation sites is 1. The van der Waals surface area contributed by atoms with Crippen LogP contribution in [0.15, 0.2) is 36.4 Å². The Hall–Kier alpha value is -2.28. The zero-order valence-electron chi connectivity index (χ0n) is 21.3. The molecule has 0 unspecified atom stereocenters. The zero-order valence-corrected chi connectivity index (χ0v) is 22.1. The standard InChI is InChI=1S/C29H37N5S/c1-19(2)18-33-12-10-23(11-13-33)34-14-8-21(9-15-34)22-16-20(3)27-25(17-22)30-28(32-27)29-31-24-6-4-5-7-26(24)35-29/h4-7,16-17,19,21,23H,8-15,18H2,1-3H3,(H,30,32). The minimum atomic E-state index is 0.643. The maximum atomic E-state index is 4.94. The lowest BCUT2D eigenvalue weighted by Crippen LogP contribution is -2.48. The van der Waals surface area contributed by atoms with E-state index in [1.54, 1.807) is 11.3 Å². The van der Waals surface area contributed by atoms with Gasteiger partial charge in [0.05, 0.1) is 21.3 Å². The molecule has 2 aliphatic rings. The monoisotopic (exact) mass is 487 g/mol. The number of hydrogen-bond donors (Lipinski definition) is 1. The summed E-state index contributed by atoms with van der Waals surface area (Å²) >= 11 is 1.71. The molecule has 0 atom stereocenters. The summed E-state index contributed by atoms with van der Waals surface area (Å²) in [4.78, 5) is 18.8. The van der Waals surface area contributed by atoms with E-state index in [4.69, 9.17) is 9.97 Å². The predicted molar refractivity (Wildman–Crippen MR) is 147 cm³/mol. The van der Waals surface area contributed by atoms with E-state index in [2.05, 4.69) is 65.9 Å². The number of hydrogen-bond acceptors (Lipinski definition) is 5. The Morgan fingerprint density at radius 3 is 2.51 bits per heavy atom. The maximum absolute atomic E-state index is 4.94. The van der Waals surface area contributed by atoms with Crippen LogP contribution in [0.3, 0.4) is 0 Å². The molecule has 0 saturated carbocycles. The molecule has 6 heteroatoms. The normalized spacial score (nSPS) is 19.4. The fourth-order valence-electron chi connectivity index (χ4n) is 6.21. The van der Waals surface area contributed by atoms with Gasteiger partial charge in [-0.3, -0.25) is 0 Å². The van der Waals surface area contributed by atoms with Gasteiger partial charge in [0.2, 0.25) is 0 Å². The van der Waals surface area contributed by atoms with Crippen molar-refractivity contribution >= 4 is 32.6 Å². The average Bonchev–Trinajstić information content (AvgIpc) is 3.49. The van der Waals surface area contributed by atoms with E-state index in [-0.39, 0.29) is 0 Å². The van der Waals surface area contributed by atoms with Gasteiger partial charge in [0.15, 0.2) is 10.8 Å². The molecule has 2 aromatic heterocycles. The van der Waals surface area contributed by atoms with Gasteiger partial charge in [0.1, 0.15) is 0 Å². The Morgan fingerprint density at radius 2 is 1.77 bits per heavy atom. The Labute approximate surface area is 212 Å². The molecule has 2 saturated heterocycles. The lowest BCUT2D eigenvalue weighted by molar-refractivity contribution is 0.0828. The third kappa shape index (κ3) is 4.76. The fraction of sp³-hybridized carbons (Fsp3) is 0.517. The number of H-pyrrole nitrogens is 1. The second-order valence-electron chi connectivity index (χ2n) is 11.0. The van der Waals surface area contributed by atoms with Gasteiger partial charge in [-0.15, -0.1) is 11.3 Å². The molecule has 2 aromatic carbocycles. The van der Waals surface area contributed by atoms with Crippen LogP contribution in [0.5, 0.6) is 0 Å². The minimum Gasteiger partial charge on any atom is -0.336 e. The lowest BCUT2D eigenvalue weighted by Gasteiger charge is -2.42. The van der Waals surface area contributed by atoms with E-state index in [1.807, 2.05) is 6.07 Å². The Morgan fingerprint density at radius 1 is 1.00 bits per heavy atom. The number of benzene rings is 2. The van der Waals surface area contributed by atoms with E-state index in [0.717, 1.165) is 39.3 Å². The topological polar surface area (TPSA) is 48.0 Å². The summed E-state index contributed by atoms with van der Waals surface area (Å²) in [6.07, 6.45) is 5.20. The smallest absolute Gasteiger partial charge is 0.167 e. The second kappa shape index (κ2) is 9.64. The third-order valence-electron chi connectivity index (χ3n) is 7.99. The van der Waals surface area contributed by atoms with Crippen molar-refractivity contribution in [1.82, 2.24) is 24.8 Å². The van der Waals surface area contributed by atoms with Gasteiger partial charge in [0, 0.05) is 12.6 Å². The van der Waals surface area contributed by atoms with Crippen LogP contribution in [0, 0.1) is 12.8 Å². The molecule has 0 bridgehead atoms. The van der Waals surface area contributed by atoms with Gasteiger partial charge in [-0.1, -0.05) is 32.0 Å². The molecule has 0 aliphatic carbocycles. The number of aromatic nitrogens is 3. The molecular weight excluding hydrogens is 450 g/mol. The molecule has 4 aromatic rings. The first-order chi connectivity index (χ1) is 17.0. The predicted octanol–water partition coefficient (Wildman–Crippen LogP) is 6.45. The van der Waals surface area contributed by atoms with Crippen LogP contribution in [0.25, 0.3) is 32.1 Å². The van der Waals surface area contributed by atoms with Crippen molar-refractivity contribution in [2.45, 2.75) is 58.4 Å². The van der Waals surface area contributed by atoms with Gasteiger partial charge < -0.3 is 14.8 Å². The van der Waals surface area contributed by atoms with Gasteiger partial charge in [-0.05, 0) is 99.9 Å². The first-order valence-corrected chi connectivity index (χ1v) is 14.2. The van der Waals surface area contributed by atoms with Crippen molar-refractivity contribution in [1.29, 1.82) is 0 Å². The lowest BCUT2D eigenvalue weighted by atomic mass is 9.87. The second-order valence-corrected chi connectivity index (χ2v) is 12.1. The number of aryl methyl sites for hydroxylation is 1. The molecule has 0 radical (unpaired) electrons.